The lowest BCUT2D eigenvalue weighted by Crippen LogP contribution is -2.10. The molecule has 1 heterocycles. The first-order valence-electron chi connectivity index (χ1n) is 13.3. The van der Waals surface area contributed by atoms with E-state index in [0.29, 0.717) is 6.42 Å². The van der Waals surface area contributed by atoms with Crippen LogP contribution in [-0.4, -0.2) is 20.9 Å². The number of aromatic nitrogens is 3. The van der Waals surface area contributed by atoms with Gasteiger partial charge in [-0.3, -0.25) is 4.79 Å². The lowest BCUT2D eigenvalue weighted by Gasteiger charge is -2.03. The van der Waals surface area contributed by atoms with Crippen LogP contribution < -0.4 is 0 Å². The van der Waals surface area contributed by atoms with Crippen molar-refractivity contribution in [3.05, 3.63) is 36.4 Å². The molecular weight excluding hydrogens is 394 g/mol. The molecular formula is C28H45N3O. The quantitative estimate of drug-likeness (QED) is 0.162. The van der Waals surface area contributed by atoms with Crippen molar-refractivity contribution in [1.82, 2.24) is 15.0 Å². The molecule has 1 aromatic heterocycles. The van der Waals surface area contributed by atoms with E-state index in [2.05, 4.69) is 23.3 Å². The van der Waals surface area contributed by atoms with Crippen LogP contribution >= 0.6 is 0 Å². The summed E-state index contributed by atoms with van der Waals surface area (Å²) >= 11 is 0. The third-order valence-electron chi connectivity index (χ3n) is 6.27. The molecule has 0 radical (unpaired) electrons. The predicted molar refractivity (Wildman–Crippen MR) is 136 cm³/mol. The number of unbranched alkanes of at least 4 members (excludes halogenated alkanes) is 16. The van der Waals surface area contributed by atoms with Crippen molar-refractivity contribution in [1.29, 1.82) is 0 Å². The van der Waals surface area contributed by atoms with Crippen LogP contribution in [0, 0.1) is 0 Å². The maximum Gasteiger partial charge on any atom is 0.252 e. The van der Waals surface area contributed by atoms with Gasteiger partial charge in [0.15, 0.2) is 0 Å². The Morgan fingerprint density at radius 3 is 1.88 bits per heavy atom. The summed E-state index contributed by atoms with van der Waals surface area (Å²) in [7, 11) is 0. The molecule has 0 N–H and O–H groups in total. The summed E-state index contributed by atoms with van der Waals surface area (Å²) in [6.45, 7) is 2.29. The normalized spacial score (nSPS) is 11.7. The van der Waals surface area contributed by atoms with Gasteiger partial charge in [0.1, 0.15) is 5.52 Å². The van der Waals surface area contributed by atoms with Gasteiger partial charge in [-0.2, -0.15) is 4.68 Å². The van der Waals surface area contributed by atoms with Gasteiger partial charge in [-0.1, -0.05) is 133 Å². The first kappa shape index (κ1) is 26.3. The zero-order chi connectivity index (χ0) is 22.7. The van der Waals surface area contributed by atoms with Crippen LogP contribution in [0.5, 0.6) is 0 Å². The maximum atomic E-state index is 12.3. The van der Waals surface area contributed by atoms with Crippen molar-refractivity contribution in [2.75, 3.05) is 0 Å². The Morgan fingerprint density at radius 1 is 0.750 bits per heavy atom. The minimum absolute atomic E-state index is 0.0260. The molecule has 0 saturated heterocycles. The van der Waals surface area contributed by atoms with E-state index in [4.69, 9.17) is 0 Å². The van der Waals surface area contributed by atoms with E-state index in [0.717, 1.165) is 17.5 Å². The average Bonchev–Trinajstić information content (AvgIpc) is 3.25. The van der Waals surface area contributed by atoms with E-state index in [9.17, 15) is 4.79 Å². The van der Waals surface area contributed by atoms with Gasteiger partial charge in [0, 0.05) is 6.42 Å². The molecule has 2 aromatic rings. The lowest BCUT2D eigenvalue weighted by atomic mass is 10.0. The van der Waals surface area contributed by atoms with Gasteiger partial charge in [0.25, 0.3) is 5.91 Å². The number of hydrogen-bond acceptors (Lipinski definition) is 3. The minimum Gasteiger partial charge on any atom is -0.272 e. The molecule has 4 heteroatoms. The summed E-state index contributed by atoms with van der Waals surface area (Å²) < 4.78 is 1.41. The van der Waals surface area contributed by atoms with Gasteiger partial charge in [-0.05, 0) is 25.0 Å². The molecule has 0 saturated carbocycles. The summed E-state index contributed by atoms with van der Waals surface area (Å²) in [4.78, 5) is 12.3. The Balaban J connectivity index is 1.35. The van der Waals surface area contributed by atoms with E-state index in [-0.39, 0.29) is 5.91 Å². The van der Waals surface area contributed by atoms with Crippen molar-refractivity contribution in [3.63, 3.8) is 0 Å². The monoisotopic (exact) mass is 439 g/mol. The molecule has 0 atom stereocenters. The zero-order valence-electron chi connectivity index (χ0n) is 20.4. The minimum atomic E-state index is -0.0260. The van der Waals surface area contributed by atoms with Crippen LogP contribution in [0.2, 0.25) is 0 Å². The van der Waals surface area contributed by atoms with Crippen LogP contribution in [0.15, 0.2) is 36.4 Å². The molecule has 0 bridgehead atoms. The highest BCUT2D eigenvalue weighted by Gasteiger charge is 2.09. The van der Waals surface area contributed by atoms with Crippen LogP contribution in [0.4, 0.5) is 0 Å². The Morgan fingerprint density at radius 2 is 1.28 bits per heavy atom. The summed E-state index contributed by atoms with van der Waals surface area (Å²) in [5.41, 5.74) is 1.54. The van der Waals surface area contributed by atoms with Crippen molar-refractivity contribution < 1.29 is 4.79 Å². The van der Waals surface area contributed by atoms with E-state index < -0.39 is 0 Å². The summed E-state index contributed by atoms with van der Waals surface area (Å²) in [5, 5.41) is 8.02. The van der Waals surface area contributed by atoms with E-state index in [1.54, 1.807) is 0 Å². The van der Waals surface area contributed by atoms with Gasteiger partial charge in [0.2, 0.25) is 0 Å². The molecule has 0 fully saturated rings. The number of rotatable bonds is 19. The number of nitrogens with zero attached hydrogens (tertiary/aromatic N) is 3. The average molecular weight is 440 g/mol. The Hall–Kier alpha value is -1.97. The number of fused-ring (bicyclic) bond motifs is 1. The Bertz CT molecular complexity index is 765. The maximum absolute atomic E-state index is 12.3. The van der Waals surface area contributed by atoms with Crippen LogP contribution in [0.3, 0.4) is 0 Å². The SMILES string of the molecule is CCCCCCCCCCCCCCCCCC/C=C/CC(=O)n1nnc2ccccc21. The highest BCUT2D eigenvalue weighted by atomic mass is 16.2. The van der Waals surface area contributed by atoms with Crippen molar-refractivity contribution >= 4 is 16.9 Å². The Labute approximate surface area is 195 Å². The first-order chi connectivity index (χ1) is 15.8. The van der Waals surface area contributed by atoms with Crippen molar-refractivity contribution in [2.45, 2.75) is 122 Å². The second kappa shape index (κ2) is 17.6. The number of allylic oxidation sites excluding steroid dienone is 2. The standard InChI is InChI=1S/C28H45N3O/c1-2-3-4-5-6-7-8-9-10-11-12-13-14-15-16-17-18-19-20-25-28(32)31-27-24-22-21-23-26(27)29-30-31/h19-24H,2-18,25H2,1H3/b20-19+. The molecule has 4 nitrogen and oxygen atoms in total. The molecule has 0 aliphatic rings. The summed E-state index contributed by atoms with van der Waals surface area (Å²) in [6, 6.07) is 7.57. The van der Waals surface area contributed by atoms with Gasteiger partial charge >= 0.3 is 0 Å². The molecule has 1 aromatic carbocycles. The molecule has 0 unspecified atom stereocenters. The molecule has 2 rings (SSSR count). The van der Waals surface area contributed by atoms with Crippen LogP contribution in [-0.2, 0) is 0 Å². The molecule has 178 valence electrons. The van der Waals surface area contributed by atoms with E-state index in [1.807, 2.05) is 30.3 Å². The van der Waals surface area contributed by atoms with Crippen LogP contribution in [0.25, 0.3) is 11.0 Å². The zero-order valence-corrected chi connectivity index (χ0v) is 20.4. The molecule has 0 amide bonds. The topological polar surface area (TPSA) is 47.8 Å². The van der Waals surface area contributed by atoms with Gasteiger partial charge < -0.3 is 0 Å². The third-order valence-corrected chi connectivity index (χ3v) is 6.27. The molecule has 0 aliphatic heterocycles. The predicted octanol–water partition coefficient (Wildman–Crippen LogP) is 8.67. The third kappa shape index (κ3) is 11.1. The number of hydrogen-bond donors (Lipinski definition) is 0. The van der Waals surface area contributed by atoms with Gasteiger partial charge in [-0.15, -0.1) is 5.10 Å². The lowest BCUT2D eigenvalue weighted by molar-refractivity contribution is 0.0904. The molecule has 32 heavy (non-hydrogen) atoms. The largest absolute Gasteiger partial charge is 0.272 e. The van der Waals surface area contributed by atoms with Gasteiger partial charge in [-0.25, -0.2) is 0 Å². The number of carbonyl (C=O) groups excluding carboxylic acids is 1. The van der Waals surface area contributed by atoms with Gasteiger partial charge in [0.05, 0.1) is 5.52 Å². The molecule has 0 spiro atoms. The fraction of sp³-hybridized carbons (Fsp3) is 0.679. The van der Waals surface area contributed by atoms with Crippen LogP contribution in [0.1, 0.15) is 127 Å². The second-order valence-corrected chi connectivity index (χ2v) is 9.15. The first-order valence-corrected chi connectivity index (χ1v) is 13.3. The number of benzene rings is 1. The van der Waals surface area contributed by atoms with E-state index in [1.165, 1.54) is 107 Å². The van der Waals surface area contributed by atoms with E-state index >= 15 is 0 Å². The summed E-state index contributed by atoms with van der Waals surface area (Å²) in [5.74, 6) is -0.0260. The highest BCUT2D eigenvalue weighted by molar-refractivity contribution is 5.89. The summed E-state index contributed by atoms with van der Waals surface area (Å²) in [6.07, 6.45) is 27.9. The smallest absolute Gasteiger partial charge is 0.252 e. The Kier molecular flexibility index (Phi) is 14.4. The number of carbonyl (C=O) groups is 1. The fourth-order valence-corrected chi connectivity index (χ4v) is 4.25. The van der Waals surface area contributed by atoms with Crippen molar-refractivity contribution in [3.8, 4) is 0 Å². The second-order valence-electron chi connectivity index (χ2n) is 9.15. The van der Waals surface area contributed by atoms with Crippen molar-refractivity contribution in [2.24, 2.45) is 0 Å². The highest BCUT2D eigenvalue weighted by Crippen LogP contribution is 2.14. The fourth-order valence-electron chi connectivity index (χ4n) is 4.25. The molecule has 0 aliphatic carbocycles. The number of para-hydroxylation sites is 1.